The van der Waals surface area contributed by atoms with Crippen molar-refractivity contribution in [2.75, 3.05) is 6.54 Å². The Morgan fingerprint density at radius 1 is 1.23 bits per heavy atom. The fourth-order valence-corrected chi connectivity index (χ4v) is 4.15. The van der Waals surface area contributed by atoms with Crippen LogP contribution in [0.2, 0.25) is 0 Å². The van der Waals surface area contributed by atoms with Gasteiger partial charge in [-0.3, -0.25) is 9.59 Å². The van der Waals surface area contributed by atoms with E-state index < -0.39 is 0 Å². The highest BCUT2D eigenvalue weighted by Gasteiger charge is 2.35. The molecule has 1 saturated carbocycles. The molecule has 0 radical (unpaired) electrons. The minimum absolute atomic E-state index is 0.0934. The molecule has 0 spiro atoms. The summed E-state index contributed by atoms with van der Waals surface area (Å²) in [5, 5.41) is 0. The number of H-pyrrole nitrogens is 1. The Kier molecular flexibility index (Phi) is 4.32. The molecule has 1 N–H and O–H groups in total. The van der Waals surface area contributed by atoms with Crippen molar-refractivity contribution >= 4 is 5.91 Å². The maximum Gasteiger partial charge on any atom is 0.254 e. The van der Waals surface area contributed by atoms with Gasteiger partial charge in [0.2, 0.25) is 5.91 Å². The van der Waals surface area contributed by atoms with E-state index in [0.717, 1.165) is 19.4 Å². The van der Waals surface area contributed by atoms with Gasteiger partial charge in [-0.15, -0.1) is 0 Å². The predicted molar refractivity (Wildman–Crippen MR) is 84.7 cm³/mol. The number of hydrogen-bond donors (Lipinski definition) is 1. The number of hydrogen-bond acceptors (Lipinski definition) is 3. The van der Waals surface area contributed by atoms with Crippen LogP contribution in [0.1, 0.15) is 55.6 Å². The monoisotopic (exact) mass is 303 g/mol. The molecule has 1 amide bonds. The van der Waals surface area contributed by atoms with Crippen molar-refractivity contribution in [2.24, 2.45) is 5.92 Å². The molecule has 120 valence electrons. The average Bonchev–Trinajstić information content (AvgIpc) is 2.50. The number of aromatic amines is 1. The summed E-state index contributed by atoms with van der Waals surface area (Å²) in [5.41, 5.74) is 1.02. The fraction of sp³-hybridized carbons (Fsp3) is 0.706. The summed E-state index contributed by atoms with van der Waals surface area (Å²) in [6, 6.07) is 0.396. The molecule has 1 aliphatic carbocycles. The van der Waals surface area contributed by atoms with Crippen LogP contribution in [0.3, 0.4) is 0 Å². The van der Waals surface area contributed by atoms with E-state index >= 15 is 0 Å². The number of nitrogens with one attached hydrogen (secondary N) is 1. The highest BCUT2D eigenvalue weighted by molar-refractivity contribution is 5.79. The fourth-order valence-electron chi connectivity index (χ4n) is 4.15. The van der Waals surface area contributed by atoms with Gasteiger partial charge in [-0.2, -0.15) is 0 Å². The lowest BCUT2D eigenvalue weighted by atomic mass is 9.78. The van der Waals surface area contributed by atoms with Gasteiger partial charge in [-0.1, -0.05) is 12.8 Å². The van der Waals surface area contributed by atoms with Crippen LogP contribution in [0, 0.1) is 19.8 Å². The second-order valence-corrected chi connectivity index (χ2v) is 6.73. The summed E-state index contributed by atoms with van der Waals surface area (Å²) in [6.45, 7) is 4.41. The van der Waals surface area contributed by atoms with Crippen LogP contribution in [0.25, 0.3) is 0 Å². The number of likely N-dealkylation sites (tertiary alicyclic amines) is 1. The smallest absolute Gasteiger partial charge is 0.254 e. The molecule has 0 unspecified atom stereocenters. The van der Waals surface area contributed by atoms with Crippen LogP contribution in [0.15, 0.2) is 4.79 Å². The SMILES string of the molecule is Cc1nc(C)c(CC(=O)N2CCC[C@H]3CCCC[C@H]32)c(=O)[nH]1. The molecule has 3 rings (SSSR count). The van der Waals surface area contributed by atoms with E-state index in [4.69, 9.17) is 0 Å². The molecule has 2 heterocycles. The molecule has 2 fully saturated rings. The Morgan fingerprint density at radius 3 is 2.73 bits per heavy atom. The lowest BCUT2D eigenvalue weighted by molar-refractivity contribution is -0.136. The maximum atomic E-state index is 12.8. The largest absolute Gasteiger partial charge is 0.339 e. The van der Waals surface area contributed by atoms with Crippen LogP contribution < -0.4 is 5.56 Å². The maximum absolute atomic E-state index is 12.8. The van der Waals surface area contributed by atoms with Crippen molar-refractivity contribution in [3.05, 3.63) is 27.4 Å². The van der Waals surface area contributed by atoms with E-state index in [1.165, 1.54) is 25.7 Å². The molecule has 5 heteroatoms. The van der Waals surface area contributed by atoms with Gasteiger partial charge in [0.15, 0.2) is 0 Å². The topological polar surface area (TPSA) is 66.1 Å². The quantitative estimate of drug-likeness (QED) is 0.910. The minimum atomic E-state index is -0.171. The first-order valence-electron chi connectivity index (χ1n) is 8.42. The standard InChI is InChI=1S/C17H25N3O2/c1-11-14(17(22)19-12(2)18-11)10-16(21)20-9-5-7-13-6-3-4-8-15(13)20/h13,15H,3-10H2,1-2H3,(H,18,19,22)/t13-,15-/m1/s1. The highest BCUT2D eigenvalue weighted by Crippen LogP contribution is 2.35. The van der Waals surface area contributed by atoms with Crippen LogP contribution in [-0.4, -0.2) is 33.4 Å². The molecule has 5 nitrogen and oxygen atoms in total. The molecule has 0 aromatic carbocycles. The van der Waals surface area contributed by atoms with Crippen LogP contribution in [0.5, 0.6) is 0 Å². The summed E-state index contributed by atoms with van der Waals surface area (Å²) in [5.74, 6) is 1.36. The zero-order chi connectivity index (χ0) is 15.7. The molecule has 0 bridgehead atoms. The third-order valence-corrected chi connectivity index (χ3v) is 5.23. The van der Waals surface area contributed by atoms with Gasteiger partial charge in [-0.25, -0.2) is 4.98 Å². The molecule has 2 atom stereocenters. The van der Waals surface area contributed by atoms with E-state index in [9.17, 15) is 9.59 Å². The number of aromatic nitrogens is 2. The molecular formula is C17H25N3O2. The highest BCUT2D eigenvalue weighted by atomic mass is 16.2. The summed E-state index contributed by atoms with van der Waals surface area (Å²) in [4.78, 5) is 33.9. The summed E-state index contributed by atoms with van der Waals surface area (Å²) >= 11 is 0. The van der Waals surface area contributed by atoms with Crippen molar-refractivity contribution in [3.63, 3.8) is 0 Å². The van der Waals surface area contributed by atoms with Crippen molar-refractivity contribution < 1.29 is 4.79 Å². The number of rotatable bonds is 2. The third kappa shape index (κ3) is 2.94. The first-order chi connectivity index (χ1) is 10.6. The first-order valence-corrected chi connectivity index (χ1v) is 8.42. The van der Waals surface area contributed by atoms with E-state index in [2.05, 4.69) is 9.97 Å². The van der Waals surface area contributed by atoms with E-state index in [-0.39, 0.29) is 17.9 Å². The molecule has 2 aliphatic rings. The molecule has 1 aromatic heterocycles. The number of aryl methyl sites for hydroxylation is 2. The van der Waals surface area contributed by atoms with Gasteiger partial charge in [0.25, 0.3) is 5.56 Å². The average molecular weight is 303 g/mol. The number of nitrogens with zero attached hydrogens (tertiary/aromatic N) is 2. The normalized spacial score (nSPS) is 24.9. The second kappa shape index (κ2) is 6.23. The number of carbonyl (C=O) groups is 1. The second-order valence-electron chi connectivity index (χ2n) is 6.73. The van der Waals surface area contributed by atoms with Crippen LogP contribution in [-0.2, 0) is 11.2 Å². The lowest BCUT2D eigenvalue weighted by Gasteiger charge is -2.44. The molecule has 1 aliphatic heterocycles. The predicted octanol–water partition coefficient (Wildman–Crippen LogP) is 2.11. The molecular weight excluding hydrogens is 278 g/mol. The Bertz CT molecular complexity index is 621. The van der Waals surface area contributed by atoms with E-state index in [0.29, 0.717) is 29.0 Å². The number of piperidine rings is 1. The van der Waals surface area contributed by atoms with Gasteiger partial charge >= 0.3 is 0 Å². The van der Waals surface area contributed by atoms with Gasteiger partial charge in [0.1, 0.15) is 5.82 Å². The Hall–Kier alpha value is -1.65. The van der Waals surface area contributed by atoms with E-state index in [1.54, 1.807) is 6.92 Å². The van der Waals surface area contributed by atoms with Crippen molar-refractivity contribution in [2.45, 2.75) is 64.8 Å². The lowest BCUT2D eigenvalue weighted by Crippen LogP contribution is -2.50. The number of fused-ring (bicyclic) bond motifs is 1. The Morgan fingerprint density at radius 2 is 1.95 bits per heavy atom. The number of amides is 1. The molecule has 22 heavy (non-hydrogen) atoms. The van der Waals surface area contributed by atoms with Gasteiger partial charge in [0.05, 0.1) is 6.42 Å². The van der Waals surface area contributed by atoms with Crippen LogP contribution >= 0.6 is 0 Å². The zero-order valence-corrected chi connectivity index (χ0v) is 13.5. The van der Waals surface area contributed by atoms with Gasteiger partial charge in [0, 0.05) is 23.8 Å². The molecule has 1 aromatic rings. The molecule has 1 saturated heterocycles. The van der Waals surface area contributed by atoms with Gasteiger partial charge < -0.3 is 9.88 Å². The number of carbonyl (C=O) groups excluding carboxylic acids is 1. The van der Waals surface area contributed by atoms with Crippen molar-refractivity contribution in [3.8, 4) is 0 Å². The summed E-state index contributed by atoms with van der Waals surface area (Å²) in [6.07, 6.45) is 7.41. The minimum Gasteiger partial charge on any atom is -0.339 e. The summed E-state index contributed by atoms with van der Waals surface area (Å²) < 4.78 is 0. The van der Waals surface area contributed by atoms with Crippen molar-refractivity contribution in [1.29, 1.82) is 0 Å². The first kappa shape index (κ1) is 15.3. The summed E-state index contributed by atoms with van der Waals surface area (Å²) in [7, 11) is 0. The van der Waals surface area contributed by atoms with Gasteiger partial charge in [-0.05, 0) is 45.4 Å². The Labute approximate surface area is 131 Å². The Balaban J connectivity index is 1.78. The third-order valence-electron chi connectivity index (χ3n) is 5.23. The van der Waals surface area contributed by atoms with Crippen molar-refractivity contribution in [1.82, 2.24) is 14.9 Å². The van der Waals surface area contributed by atoms with Crippen LogP contribution in [0.4, 0.5) is 0 Å². The van der Waals surface area contributed by atoms with E-state index in [1.807, 2.05) is 11.8 Å². The zero-order valence-electron chi connectivity index (χ0n) is 13.5.